The largest absolute Gasteiger partial charge is 0.496 e. The molecule has 0 radical (unpaired) electrons. The summed E-state index contributed by atoms with van der Waals surface area (Å²) in [6, 6.07) is 9.26. The molecule has 0 fully saturated rings. The molecular formula is C13H12N2O2. The lowest BCUT2D eigenvalue weighted by atomic mass is 10.1. The van der Waals surface area contributed by atoms with E-state index in [4.69, 9.17) is 4.74 Å². The number of rotatable bonds is 4. The van der Waals surface area contributed by atoms with Crippen LogP contribution in [0.15, 0.2) is 36.5 Å². The van der Waals surface area contributed by atoms with Gasteiger partial charge in [0, 0.05) is 18.2 Å². The third-order valence-electron chi connectivity index (χ3n) is 2.39. The van der Waals surface area contributed by atoms with Crippen LogP contribution in [0.2, 0.25) is 0 Å². The molecule has 0 aliphatic heterocycles. The molecule has 17 heavy (non-hydrogen) atoms. The van der Waals surface area contributed by atoms with Crippen LogP contribution < -0.4 is 4.74 Å². The van der Waals surface area contributed by atoms with Gasteiger partial charge in [-0.2, -0.15) is 0 Å². The Morgan fingerprint density at radius 3 is 2.88 bits per heavy atom. The van der Waals surface area contributed by atoms with Crippen molar-refractivity contribution >= 4 is 6.29 Å². The molecule has 0 saturated heterocycles. The lowest BCUT2D eigenvalue weighted by molar-refractivity contribution is 0.111. The van der Waals surface area contributed by atoms with Gasteiger partial charge in [0.25, 0.3) is 0 Å². The van der Waals surface area contributed by atoms with Crippen LogP contribution in [0.1, 0.15) is 21.9 Å². The summed E-state index contributed by atoms with van der Waals surface area (Å²) >= 11 is 0. The van der Waals surface area contributed by atoms with Crippen LogP contribution in [-0.2, 0) is 6.42 Å². The predicted molar refractivity (Wildman–Crippen MR) is 63.2 cm³/mol. The highest BCUT2D eigenvalue weighted by Gasteiger charge is 2.05. The van der Waals surface area contributed by atoms with Crippen molar-refractivity contribution in [3.8, 4) is 5.75 Å². The zero-order valence-corrected chi connectivity index (χ0v) is 9.46. The molecule has 1 heterocycles. The van der Waals surface area contributed by atoms with E-state index in [1.165, 1.54) is 0 Å². The Kier molecular flexibility index (Phi) is 3.45. The first kappa shape index (κ1) is 11.3. The SMILES string of the molecule is COc1ccccc1Cc1nccc(C=O)n1. The fourth-order valence-electron chi connectivity index (χ4n) is 1.58. The normalized spacial score (nSPS) is 9.94. The zero-order chi connectivity index (χ0) is 12.1. The predicted octanol–water partition coefficient (Wildman–Crippen LogP) is 1.89. The number of hydrogen-bond donors (Lipinski definition) is 0. The Hall–Kier alpha value is -2.23. The van der Waals surface area contributed by atoms with Gasteiger partial charge in [-0.1, -0.05) is 18.2 Å². The molecule has 4 nitrogen and oxygen atoms in total. The van der Waals surface area contributed by atoms with E-state index >= 15 is 0 Å². The minimum atomic E-state index is 0.393. The lowest BCUT2D eigenvalue weighted by Gasteiger charge is -2.07. The maximum absolute atomic E-state index is 10.6. The number of aromatic nitrogens is 2. The van der Waals surface area contributed by atoms with Gasteiger partial charge in [-0.3, -0.25) is 4.79 Å². The number of ether oxygens (including phenoxy) is 1. The number of nitrogens with zero attached hydrogens (tertiary/aromatic N) is 2. The van der Waals surface area contributed by atoms with E-state index in [0.29, 0.717) is 24.2 Å². The van der Waals surface area contributed by atoms with Crippen LogP contribution in [0.5, 0.6) is 5.75 Å². The number of hydrogen-bond acceptors (Lipinski definition) is 4. The van der Waals surface area contributed by atoms with Crippen LogP contribution in [0.4, 0.5) is 0 Å². The third kappa shape index (κ3) is 2.66. The van der Waals surface area contributed by atoms with Crippen molar-refractivity contribution in [2.24, 2.45) is 0 Å². The summed E-state index contributed by atoms with van der Waals surface area (Å²) in [5.41, 5.74) is 1.39. The van der Waals surface area contributed by atoms with E-state index in [-0.39, 0.29) is 0 Å². The van der Waals surface area contributed by atoms with Gasteiger partial charge in [0.05, 0.1) is 7.11 Å². The van der Waals surface area contributed by atoms with Gasteiger partial charge in [-0.25, -0.2) is 9.97 Å². The van der Waals surface area contributed by atoms with Gasteiger partial charge in [0.15, 0.2) is 6.29 Å². The van der Waals surface area contributed by atoms with Gasteiger partial charge in [-0.05, 0) is 12.1 Å². The van der Waals surface area contributed by atoms with Crippen LogP contribution in [0.25, 0.3) is 0 Å². The molecule has 1 aromatic carbocycles. The number of benzene rings is 1. The Morgan fingerprint density at radius 1 is 1.29 bits per heavy atom. The van der Waals surface area contributed by atoms with E-state index in [1.807, 2.05) is 24.3 Å². The fourth-order valence-corrected chi connectivity index (χ4v) is 1.58. The monoisotopic (exact) mass is 228 g/mol. The van der Waals surface area contributed by atoms with Crippen LogP contribution in [0.3, 0.4) is 0 Å². The molecule has 0 bridgehead atoms. The maximum atomic E-state index is 10.6. The third-order valence-corrected chi connectivity index (χ3v) is 2.39. The molecule has 0 unspecified atom stereocenters. The topological polar surface area (TPSA) is 52.1 Å². The standard InChI is InChI=1S/C13H12N2O2/c1-17-12-5-3-2-4-10(12)8-13-14-7-6-11(9-16)15-13/h2-7,9H,8H2,1H3. The number of aldehydes is 1. The summed E-state index contributed by atoms with van der Waals surface area (Å²) in [6.45, 7) is 0. The van der Waals surface area contributed by atoms with Crippen molar-refractivity contribution < 1.29 is 9.53 Å². The van der Waals surface area contributed by atoms with Crippen LogP contribution in [-0.4, -0.2) is 23.4 Å². The van der Waals surface area contributed by atoms with E-state index in [0.717, 1.165) is 11.3 Å². The molecule has 1 aromatic heterocycles. The highest BCUT2D eigenvalue weighted by Crippen LogP contribution is 2.19. The summed E-state index contributed by atoms with van der Waals surface area (Å²) < 4.78 is 5.25. The second kappa shape index (κ2) is 5.21. The summed E-state index contributed by atoms with van der Waals surface area (Å²) in [7, 11) is 1.63. The summed E-state index contributed by atoms with van der Waals surface area (Å²) in [5, 5.41) is 0. The number of para-hydroxylation sites is 1. The van der Waals surface area contributed by atoms with E-state index in [9.17, 15) is 4.79 Å². The molecule has 0 saturated carbocycles. The lowest BCUT2D eigenvalue weighted by Crippen LogP contribution is -2.00. The molecule has 4 heteroatoms. The summed E-state index contributed by atoms with van der Waals surface area (Å²) in [5.74, 6) is 1.41. The fraction of sp³-hybridized carbons (Fsp3) is 0.154. The van der Waals surface area contributed by atoms with Gasteiger partial charge in [0.1, 0.15) is 17.3 Å². The smallest absolute Gasteiger partial charge is 0.168 e. The quantitative estimate of drug-likeness (QED) is 0.750. The maximum Gasteiger partial charge on any atom is 0.168 e. The highest BCUT2D eigenvalue weighted by molar-refractivity contribution is 5.71. The first-order valence-electron chi connectivity index (χ1n) is 5.22. The molecule has 2 rings (SSSR count). The first-order valence-corrected chi connectivity index (χ1v) is 5.22. The molecule has 0 aliphatic rings. The highest BCUT2D eigenvalue weighted by atomic mass is 16.5. The number of methoxy groups -OCH3 is 1. The zero-order valence-electron chi connectivity index (χ0n) is 9.46. The van der Waals surface area contributed by atoms with E-state index < -0.39 is 0 Å². The van der Waals surface area contributed by atoms with E-state index in [1.54, 1.807) is 19.4 Å². The van der Waals surface area contributed by atoms with Crippen LogP contribution >= 0.6 is 0 Å². The van der Waals surface area contributed by atoms with Gasteiger partial charge < -0.3 is 4.74 Å². The van der Waals surface area contributed by atoms with Crippen molar-refractivity contribution in [1.82, 2.24) is 9.97 Å². The summed E-state index contributed by atoms with van der Waals surface area (Å²) in [6.07, 6.45) is 2.85. The van der Waals surface area contributed by atoms with Crippen molar-refractivity contribution in [2.75, 3.05) is 7.11 Å². The van der Waals surface area contributed by atoms with Gasteiger partial charge >= 0.3 is 0 Å². The minimum Gasteiger partial charge on any atom is -0.496 e. The molecule has 0 atom stereocenters. The molecule has 2 aromatic rings. The average molecular weight is 228 g/mol. The first-order chi connectivity index (χ1) is 8.33. The van der Waals surface area contributed by atoms with Gasteiger partial charge in [-0.15, -0.1) is 0 Å². The summed E-state index contributed by atoms with van der Waals surface area (Å²) in [4.78, 5) is 18.9. The molecule has 86 valence electrons. The Bertz CT molecular complexity index is 526. The van der Waals surface area contributed by atoms with Crippen LogP contribution in [0, 0.1) is 0 Å². The molecule has 0 aliphatic carbocycles. The molecule has 0 spiro atoms. The second-order valence-corrected chi connectivity index (χ2v) is 3.50. The number of carbonyl (C=O) groups excluding carboxylic acids is 1. The van der Waals surface area contributed by atoms with Crippen molar-refractivity contribution in [1.29, 1.82) is 0 Å². The van der Waals surface area contributed by atoms with Crippen molar-refractivity contribution in [2.45, 2.75) is 6.42 Å². The minimum absolute atomic E-state index is 0.393. The Balaban J connectivity index is 2.27. The molecular weight excluding hydrogens is 216 g/mol. The Morgan fingerprint density at radius 2 is 2.12 bits per heavy atom. The number of carbonyl (C=O) groups is 1. The average Bonchev–Trinajstić information content (AvgIpc) is 2.39. The molecule has 0 amide bonds. The molecule has 0 N–H and O–H groups in total. The van der Waals surface area contributed by atoms with E-state index in [2.05, 4.69) is 9.97 Å². The Labute approximate surface area is 99.3 Å². The van der Waals surface area contributed by atoms with Gasteiger partial charge in [0.2, 0.25) is 0 Å². The van der Waals surface area contributed by atoms with Crippen molar-refractivity contribution in [3.63, 3.8) is 0 Å². The second-order valence-electron chi connectivity index (χ2n) is 3.50. The van der Waals surface area contributed by atoms with Crippen molar-refractivity contribution in [3.05, 3.63) is 53.6 Å².